The molecule has 2 rings (SSSR count). The van der Waals surface area contributed by atoms with Crippen LogP contribution in [0.4, 0.5) is 14.6 Å². The molecule has 0 radical (unpaired) electrons. The summed E-state index contributed by atoms with van der Waals surface area (Å²) in [5.41, 5.74) is 0.116. The van der Waals surface area contributed by atoms with Crippen molar-refractivity contribution < 1.29 is 18.3 Å². The Bertz CT molecular complexity index is 508. The lowest BCUT2D eigenvalue weighted by atomic mass is 9.92. The van der Waals surface area contributed by atoms with Crippen molar-refractivity contribution in [3.63, 3.8) is 0 Å². The quantitative estimate of drug-likeness (QED) is 0.865. The van der Waals surface area contributed by atoms with Crippen LogP contribution in [0.25, 0.3) is 0 Å². The highest BCUT2D eigenvalue weighted by atomic mass is 19.3. The van der Waals surface area contributed by atoms with Crippen molar-refractivity contribution in [3.05, 3.63) is 17.6 Å². The number of alkyl halides is 2. The van der Waals surface area contributed by atoms with Crippen LogP contribution in [0.2, 0.25) is 0 Å². The van der Waals surface area contributed by atoms with E-state index in [1.54, 1.807) is 6.92 Å². The number of rotatable bonds is 3. The molecule has 1 aliphatic carbocycles. The molecule has 0 amide bonds. The number of carbonyl (C=O) groups is 1. The molecule has 0 bridgehead atoms. The van der Waals surface area contributed by atoms with E-state index in [-0.39, 0.29) is 24.6 Å². The monoisotopic (exact) mass is 285 g/mol. The van der Waals surface area contributed by atoms with Gasteiger partial charge >= 0.3 is 5.97 Å². The third kappa shape index (κ3) is 3.61. The summed E-state index contributed by atoms with van der Waals surface area (Å²) >= 11 is 0. The molecule has 0 aliphatic heterocycles. The average molecular weight is 285 g/mol. The maximum Gasteiger partial charge on any atom is 0.356 e. The molecule has 1 unspecified atom stereocenters. The SMILES string of the molecule is COC(=O)c1cc(NC2CCCC(F)(F)C2)nc(C)n1. The van der Waals surface area contributed by atoms with Crippen LogP contribution in [0.3, 0.4) is 0 Å². The van der Waals surface area contributed by atoms with E-state index in [0.29, 0.717) is 24.5 Å². The zero-order valence-electron chi connectivity index (χ0n) is 11.4. The molecular formula is C13H17F2N3O2. The Kier molecular flexibility index (Phi) is 4.15. The lowest BCUT2D eigenvalue weighted by Crippen LogP contribution is -2.34. The highest BCUT2D eigenvalue weighted by Gasteiger charge is 2.36. The molecule has 1 saturated carbocycles. The smallest absolute Gasteiger partial charge is 0.356 e. The Balaban J connectivity index is 2.13. The van der Waals surface area contributed by atoms with Gasteiger partial charge in [-0.15, -0.1) is 0 Å². The lowest BCUT2D eigenvalue weighted by Gasteiger charge is -2.29. The van der Waals surface area contributed by atoms with Gasteiger partial charge in [-0.25, -0.2) is 23.5 Å². The molecule has 5 nitrogen and oxygen atoms in total. The Hall–Kier alpha value is -1.79. The highest BCUT2D eigenvalue weighted by Crippen LogP contribution is 2.34. The molecule has 1 heterocycles. The van der Waals surface area contributed by atoms with Gasteiger partial charge in [0.25, 0.3) is 0 Å². The van der Waals surface area contributed by atoms with Gasteiger partial charge in [0.05, 0.1) is 7.11 Å². The number of hydrogen-bond acceptors (Lipinski definition) is 5. The minimum absolute atomic E-state index is 0.0681. The largest absolute Gasteiger partial charge is 0.464 e. The second-order valence-electron chi connectivity index (χ2n) is 4.97. The van der Waals surface area contributed by atoms with Crippen molar-refractivity contribution in [3.8, 4) is 0 Å². The lowest BCUT2D eigenvalue weighted by molar-refractivity contribution is -0.0373. The van der Waals surface area contributed by atoms with Crippen molar-refractivity contribution in [1.82, 2.24) is 9.97 Å². The zero-order valence-corrected chi connectivity index (χ0v) is 11.4. The van der Waals surface area contributed by atoms with E-state index >= 15 is 0 Å². The van der Waals surface area contributed by atoms with Crippen molar-refractivity contribution in [2.75, 3.05) is 12.4 Å². The van der Waals surface area contributed by atoms with Crippen molar-refractivity contribution in [2.45, 2.75) is 44.6 Å². The average Bonchev–Trinajstić information content (AvgIpc) is 2.35. The van der Waals surface area contributed by atoms with Crippen molar-refractivity contribution in [2.24, 2.45) is 0 Å². The summed E-state index contributed by atoms with van der Waals surface area (Å²) in [6.45, 7) is 1.63. The standard InChI is InChI=1S/C13H17F2N3O2/c1-8-16-10(12(19)20-2)6-11(17-8)18-9-4-3-5-13(14,15)7-9/h6,9H,3-5,7H2,1-2H3,(H,16,17,18). The summed E-state index contributed by atoms with van der Waals surface area (Å²) in [7, 11) is 1.26. The molecule has 1 fully saturated rings. The first-order valence-electron chi connectivity index (χ1n) is 6.48. The first-order valence-corrected chi connectivity index (χ1v) is 6.48. The van der Waals surface area contributed by atoms with Gasteiger partial charge in [0, 0.05) is 24.9 Å². The molecule has 1 aromatic heterocycles. The Morgan fingerprint density at radius 1 is 1.50 bits per heavy atom. The predicted octanol–water partition coefficient (Wildman–Crippen LogP) is 2.56. The van der Waals surface area contributed by atoms with Gasteiger partial charge in [0.2, 0.25) is 5.92 Å². The zero-order chi connectivity index (χ0) is 14.8. The van der Waals surface area contributed by atoms with Crippen LogP contribution < -0.4 is 5.32 Å². The fraction of sp³-hybridized carbons (Fsp3) is 0.615. The maximum absolute atomic E-state index is 13.4. The Morgan fingerprint density at radius 2 is 2.25 bits per heavy atom. The van der Waals surface area contributed by atoms with Crippen LogP contribution >= 0.6 is 0 Å². The summed E-state index contributed by atoms with van der Waals surface area (Å²) in [6.07, 6.45) is 0.843. The molecule has 0 spiro atoms. The summed E-state index contributed by atoms with van der Waals surface area (Å²) in [4.78, 5) is 19.5. The van der Waals surface area contributed by atoms with Crippen LogP contribution in [0, 0.1) is 6.92 Å². The van der Waals surface area contributed by atoms with E-state index in [1.807, 2.05) is 0 Å². The van der Waals surface area contributed by atoms with Crippen LogP contribution in [0.1, 0.15) is 42.0 Å². The van der Waals surface area contributed by atoms with Gasteiger partial charge in [-0.05, 0) is 19.8 Å². The number of methoxy groups -OCH3 is 1. The van der Waals surface area contributed by atoms with Crippen LogP contribution in [-0.4, -0.2) is 35.0 Å². The fourth-order valence-corrected chi connectivity index (χ4v) is 2.35. The number of hydrogen-bond donors (Lipinski definition) is 1. The predicted molar refractivity (Wildman–Crippen MR) is 68.9 cm³/mol. The second kappa shape index (κ2) is 5.68. The first kappa shape index (κ1) is 14.6. The van der Waals surface area contributed by atoms with E-state index in [9.17, 15) is 13.6 Å². The number of anilines is 1. The summed E-state index contributed by atoms with van der Waals surface area (Å²) in [6, 6.07) is 1.07. The normalized spacial score (nSPS) is 21.3. The summed E-state index contributed by atoms with van der Waals surface area (Å²) in [5.74, 6) is -2.45. The minimum Gasteiger partial charge on any atom is -0.464 e. The maximum atomic E-state index is 13.4. The van der Waals surface area contributed by atoms with Crippen LogP contribution in [0.5, 0.6) is 0 Å². The topological polar surface area (TPSA) is 64.1 Å². The summed E-state index contributed by atoms with van der Waals surface area (Å²) in [5, 5.41) is 2.96. The van der Waals surface area contributed by atoms with Gasteiger partial charge in [-0.1, -0.05) is 0 Å². The van der Waals surface area contributed by atoms with Gasteiger partial charge < -0.3 is 10.1 Å². The third-order valence-corrected chi connectivity index (χ3v) is 3.22. The van der Waals surface area contributed by atoms with E-state index < -0.39 is 11.9 Å². The van der Waals surface area contributed by atoms with Gasteiger partial charge in [0.1, 0.15) is 11.6 Å². The number of carbonyl (C=O) groups excluding carboxylic acids is 1. The van der Waals surface area contributed by atoms with E-state index in [1.165, 1.54) is 13.2 Å². The van der Waals surface area contributed by atoms with Gasteiger partial charge in [0.15, 0.2) is 5.69 Å². The molecule has 1 aliphatic rings. The molecule has 1 atom stereocenters. The molecule has 0 aromatic carbocycles. The Morgan fingerprint density at radius 3 is 2.90 bits per heavy atom. The highest BCUT2D eigenvalue weighted by molar-refractivity contribution is 5.87. The second-order valence-corrected chi connectivity index (χ2v) is 4.97. The number of nitrogens with zero attached hydrogens (tertiary/aromatic N) is 2. The molecule has 0 saturated heterocycles. The molecule has 1 aromatic rings. The molecule has 1 N–H and O–H groups in total. The molecular weight excluding hydrogens is 268 g/mol. The fourth-order valence-electron chi connectivity index (χ4n) is 2.35. The number of halogens is 2. The minimum atomic E-state index is -2.64. The van der Waals surface area contributed by atoms with Gasteiger partial charge in [-0.3, -0.25) is 0 Å². The first-order chi connectivity index (χ1) is 9.39. The molecule has 20 heavy (non-hydrogen) atoms. The van der Waals surface area contributed by atoms with Gasteiger partial charge in [-0.2, -0.15) is 0 Å². The molecule has 110 valence electrons. The van der Waals surface area contributed by atoms with Crippen LogP contribution in [0.15, 0.2) is 6.07 Å². The number of aromatic nitrogens is 2. The third-order valence-electron chi connectivity index (χ3n) is 3.22. The van der Waals surface area contributed by atoms with Crippen LogP contribution in [-0.2, 0) is 4.74 Å². The number of nitrogens with one attached hydrogen (secondary N) is 1. The van der Waals surface area contributed by atoms with Crippen molar-refractivity contribution >= 4 is 11.8 Å². The van der Waals surface area contributed by atoms with E-state index in [0.717, 1.165) is 0 Å². The number of ether oxygens (including phenoxy) is 1. The van der Waals surface area contributed by atoms with E-state index in [2.05, 4.69) is 20.0 Å². The summed E-state index contributed by atoms with van der Waals surface area (Å²) < 4.78 is 31.3. The molecule has 7 heteroatoms. The Labute approximate surface area is 115 Å². The number of aryl methyl sites for hydroxylation is 1. The number of esters is 1. The van der Waals surface area contributed by atoms with E-state index in [4.69, 9.17) is 0 Å². The van der Waals surface area contributed by atoms with Crippen molar-refractivity contribution in [1.29, 1.82) is 0 Å².